The van der Waals surface area contributed by atoms with Gasteiger partial charge in [0.2, 0.25) is 0 Å². The first-order chi connectivity index (χ1) is 8.72. The highest BCUT2D eigenvalue weighted by molar-refractivity contribution is 9.10. The Morgan fingerprint density at radius 1 is 1.39 bits per heavy atom. The third-order valence-electron chi connectivity index (χ3n) is 3.20. The second-order valence-corrected chi connectivity index (χ2v) is 5.69. The van der Waals surface area contributed by atoms with E-state index in [9.17, 15) is 0 Å². The Morgan fingerprint density at radius 3 is 2.94 bits per heavy atom. The van der Waals surface area contributed by atoms with E-state index in [0.29, 0.717) is 0 Å². The van der Waals surface area contributed by atoms with Crippen LogP contribution in [0.3, 0.4) is 0 Å². The molecule has 1 aliphatic rings. The summed E-state index contributed by atoms with van der Waals surface area (Å²) in [5, 5.41) is 8.06. The zero-order valence-electron chi connectivity index (χ0n) is 10.4. The molecule has 1 aromatic carbocycles. The van der Waals surface area contributed by atoms with E-state index in [4.69, 9.17) is 0 Å². The van der Waals surface area contributed by atoms with Crippen LogP contribution in [-0.2, 0) is 6.54 Å². The fourth-order valence-electron chi connectivity index (χ4n) is 1.91. The number of aryl methyl sites for hydroxylation is 1. The largest absolute Gasteiger partial charge is 0.308 e. The van der Waals surface area contributed by atoms with Crippen LogP contribution in [0.1, 0.15) is 24.1 Å². The summed E-state index contributed by atoms with van der Waals surface area (Å²) >= 11 is 3.52. The number of nitrogens with zero attached hydrogens (tertiary/aromatic N) is 2. The molecule has 1 aromatic heterocycles. The number of rotatable bonds is 4. The summed E-state index contributed by atoms with van der Waals surface area (Å²) in [6.07, 6.45) is 4.64. The molecule has 94 valence electrons. The van der Waals surface area contributed by atoms with Crippen molar-refractivity contribution < 1.29 is 0 Å². The Kier molecular flexibility index (Phi) is 3.22. The van der Waals surface area contributed by atoms with Gasteiger partial charge in [-0.1, -0.05) is 15.9 Å². The minimum absolute atomic E-state index is 0.727. The van der Waals surface area contributed by atoms with Crippen molar-refractivity contribution in [1.82, 2.24) is 15.1 Å². The predicted octanol–water partition coefficient (Wildman–Crippen LogP) is 3.20. The average Bonchev–Trinajstić information content (AvgIpc) is 3.08. The average molecular weight is 306 g/mol. The van der Waals surface area contributed by atoms with Gasteiger partial charge in [0.1, 0.15) is 0 Å². The Balaban J connectivity index is 1.76. The maximum absolute atomic E-state index is 4.59. The highest BCUT2D eigenvalue weighted by atomic mass is 79.9. The molecule has 1 aliphatic carbocycles. The maximum atomic E-state index is 4.59. The van der Waals surface area contributed by atoms with E-state index in [0.717, 1.165) is 28.4 Å². The number of hydrogen-bond acceptors (Lipinski definition) is 2. The smallest absolute Gasteiger partial charge is 0.0766 e. The monoisotopic (exact) mass is 305 g/mol. The summed E-state index contributed by atoms with van der Waals surface area (Å²) in [5.74, 6) is 0. The lowest BCUT2D eigenvalue weighted by Crippen LogP contribution is -2.15. The molecule has 3 nitrogen and oxygen atoms in total. The molecule has 0 bridgehead atoms. The Hall–Kier alpha value is -1.13. The number of halogens is 1. The van der Waals surface area contributed by atoms with E-state index in [1.807, 2.05) is 10.9 Å². The van der Waals surface area contributed by atoms with Crippen LogP contribution in [0.4, 0.5) is 0 Å². The summed E-state index contributed by atoms with van der Waals surface area (Å²) in [5.41, 5.74) is 3.43. The molecule has 3 rings (SSSR count). The lowest BCUT2D eigenvalue weighted by atomic mass is 10.2. The summed E-state index contributed by atoms with van der Waals surface area (Å²) in [6.45, 7) is 2.96. The van der Waals surface area contributed by atoms with Crippen LogP contribution in [0.5, 0.6) is 0 Å². The highest BCUT2D eigenvalue weighted by Gasteiger charge is 2.20. The predicted molar refractivity (Wildman–Crippen MR) is 75.9 cm³/mol. The molecule has 0 unspecified atom stereocenters. The van der Waals surface area contributed by atoms with Crippen molar-refractivity contribution in [2.45, 2.75) is 32.4 Å². The van der Waals surface area contributed by atoms with Gasteiger partial charge in [0.25, 0.3) is 0 Å². The van der Waals surface area contributed by atoms with Gasteiger partial charge in [-0.3, -0.25) is 0 Å². The van der Waals surface area contributed by atoms with Crippen molar-refractivity contribution in [1.29, 1.82) is 0 Å². The van der Waals surface area contributed by atoms with Gasteiger partial charge in [-0.15, -0.1) is 0 Å². The van der Waals surface area contributed by atoms with Gasteiger partial charge in [0, 0.05) is 23.3 Å². The van der Waals surface area contributed by atoms with Crippen molar-refractivity contribution in [2.75, 3.05) is 0 Å². The molecule has 1 N–H and O–H groups in total. The second-order valence-electron chi connectivity index (χ2n) is 4.84. The first kappa shape index (κ1) is 11.9. The minimum atomic E-state index is 0.727. The van der Waals surface area contributed by atoms with Gasteiger partial charge in [0.05, 0.1) is 11.4 Å². The summed E-state index contributed by atoms with van der Waals surface area (Å²) in [7, 11) is 0. The molecule has 0 saturated heterocycles. The van der Waals surface area contributed by atoms with Gasteiger partial charge in [-0.2, -0.15) is 5.10 Å². The van der Waals surface area contributed by atoms with Crippen LogP contribution in [0.2, 0.25) is 0 Å². The molecule has 0 aliphatic heterocycles. The molecule has 0 spiro atoms. The zero-order valence-corrected chi connectivity index (χ0v) is 11.9. The number of benzene rings is 1. The van der Waals surface area contributed by atoms with Gasteiger partial charge in [-0.05, 0) is 49.6 Å². The SMILES string of the molecule is Cc1cc(-n2ccc(CNC3CC3)n2)ccc1Br. The molecular weight excluding hydrogens is 290 g/mol. The topological polar surface area (TPSA) is 29.9 Å². The fourth-order valence-corrected chi connectivity index (χ4v) is 2.15. The summed E-state index contributed by atoms with van der Waals surface area (Å²) in [4.78, 5) is 0. The van der Waals surface area contributed by atoms with E-state index in [1.165, 1.54) is 18.4 Å². The molecule has 18 heavy (non-hydrogen) atoms. The maximum Gasteiger partial charge on any atom is 0.0766 e. The second kappa shape index (κ2) is 4.86. The fraction of sp³-hybridized carbons (Fsp3) is 0.357. The molecule has 0 amide bonds. The van der Waals surface area contributed by atoms with Crippen molar-refractivity contribution in [3.8, 4) is 5.69 Å². The first-order valence-corrected chi connectivity index (χ1v) is 7.06. The molecular formula is C14H16BrN3. The molecule has 0 atom stereocenters. The lowest BCUT2D eigenvalue weighted by Gasteiger charge is -2.04. The first-order valence-electron chi connectivity index (χ1n) is 6.27. The number of hydrogen-bond donors (Lipinski definition) is 1. The molecule has 1 heterocycles. The molecule has 1 fully saturated rings. The quantitative estimate of drug-likeness (QED) is 0.940. The van der Waals surface area contributed by atoms with E-state index >= 15 is 0 Å². The molecule has 1 saturated carbocycles. The molecule has 0 radical (unpaired) electrons. The van der Waals surface area contributed by atoms with Gasteiger partial charge < -0.3 is 5.32 Å². The minimum Gasteiger partial charge on any atom is -0.308 e. The summed E-state index contributed by atoms with van der Waals surface area (Å²) in [6, 6.07) is 9.07. The number of nitrogens with one attached hydrogen (secondary N) is 1. The standard InChI is InChI=1S/C14H16BrN3/c1-10-8-13(4-5-14(10)15)18-7-6-12(17-18)9-16-11-2-3-11/h4-8,11,16H,2-3,9H2,1H3. The summed E-state index contributed by atoms with van der Waals surface area (Å²) < 4.78 is 3.07. The third kappa shape index (κ3) is 2.65. The van der Waals surface area contributed by atoms with Crippen molar-refractivity contribution in [3.63, 3.8) is 0 Å². The Labute approximate surface area is 115 Å². The van der Waals surface area contributed by atoms with Crippen LogP contribution in [-0.4, -0.2) is 15.8 Å². The third-order valence-corrected chi connectivity index (χ3v) is 4.09. The van der Waals surface area contributed by atoms with Crippen LogP contribution in [0.15, 0.2) is 34.9 Å². The lowest BCUT2D eigenvalue weighted by molar-refractivity contribution is 0.665. The normalized spacial score (nSPS) is 15.0. The Bertz CT molecular complexity index is 558. The zero-order chi connectivity index (χ0) is 12.5. The van der Waals surface area contributed by atoms with Crippen molar-refractivity contribution >= 4 is 15.9 Å². The van der Waals surface area contributed by atoms with Crippen LogP contribution in [0.25, 0.3) is 5.69 Å². The van der Waals surface area contributed by atoms with E-state index < -0.39 is 0 Å². The van der Waals surface area contributed by atoms with Crippen molar-refractivity contribution in [3.05, 3.63) is 46.2 Å². The van der Waals surface area contributed by atoms with E-state index in [1.54, 1.807) is 0 Å². The highest BCUT2D eigenvalue weighted by Crippen LogP contribution is 2.20. The van der Waals surface area contributed by atoms with Crippen LogP contribution >= 0.6 is 15.9 Å². The molecule has 4 heteroatoms. The van der Waals surface area contributed by atoms with E-state index in [2.05, 4.69) is 57.5 Å². The number of aromatic nitrogens is 2. The molecule has 2 aromatic rings. The van der Waals surface area contributed by atoms with Gasteiger partial charge >= 0.3 is 0 Å². The van der Waals surface area contributed by atoms with Crippen LogP contribution < -0.4 is 5.32 Å². The van der Waals surface area contributed by atoms with E-state index in [-0.39, 0.29) is 0 Å². The van der Waals surface area contributed by atoms with Gasteiger partial charge in [-0.25, -0.2) is 4.68 Å². The van der Waals surface area contributed by atoms with Crippen molar-refractivity contribution in [2.24, 2.45) is 0 Å². The van der Waals surface area contributed by atoms with Gasteiger partial charge in [0.15, 0.2) is 0 Å². The Morgan fingerprint density at radius 2 is 2.22 bits per heavy atom. The van der Waals surface area contributed by atoms with Crippen LogP contribution in [0, 0.1) is 6.92 Å².